The molecule has 39 heavy (non-hydrogen) atoms. The summed E-state index contributed by atoms with van der Waals surface area (Å²) < 4.78 is 0. The Morgan fingerprint density at radius 2 is 1.79 bits per heavy atom. The standard InChI is InChI=1S/C36H59O2P/c1-24(2)9-8-10-26(4)31-17-18-32-30-16-15-28-23-29(19-21-35(28,5)33(30)20-22-36(31,32)6)37-38-34(39-7)27-13-11-25(3)12-14-27/h11,13-15,24-26,29-34,39H,8-10,12,16-23H2,1-7H3/t25?,26?,29?,30?,31?,32-,33-,34?,35?,36?/m0/s1. The van der Waals surface area contributed by atoms with Crippen molar-refractivity contribution in [3.05, 3.63) is 35.5 Å². The lowest BCUT2D eigenvalue weighted by Gasteiger charge is -2.58. The van der Waals surface area contributed by atoms with Gasteiger partial charge in [0.05, 0.1) is 6.10 Å². The summed E-state index contributed by atoms with van der Waals surface area (Å²) in [4.78, 5) is 12.3. The fourth-order valence-corrected chi connectivity index (χ4v) is 10.8. The predicted molar refractivity (Wildman–Crippen MR) is 168 cm³/mol. The third kappa shape index (κ3) is 6.06. The Labute approximate surface area is 242 Å². The van der Waals surface area contributed by atoms with E-state index in [1.807, 2.05) is 0 Å². The number of allylic oxidation sites excluding steroid dienone is 3. The first-order valence-corrected chi connectivity index (χ1v) is 18.3. The number of hydrogen-bond acceptors (Lipinski definition) is 2. The van der Waals surface area contributed by atoms with E-state index in [0.29, 0.717) is 25.3 Å². The van der Waals surface area contributed by atoms with Crippen LogP contribution in [0.4, 0.5) is 0 Å². The van der Waals surface area contributed by atoms with Gasteiger partial charge in [-0.1, -0.05) is 99.3 Å². The van der Waals surface area contributed by atoms with Gasteiger partial charge in [-0.2, -0.15) is 0 Å². The van der Waals surface area contributed by atoms with Crippen molar-refractivity contribution < 1.29 is 9.78 Å². The SMILES string of the molecule is CPC(OOC1CCC2(C)C(=CCC3[C@@H]2CCC2(C)C(C(C)CCCC(C)C)CC[C@@H]32)C1)C1=CCC(C)C=C1. The van der Waals surface area contributed by atoms with Gasteiger partial charge in [-0.25, -0.2) is 9.78 Å². The van der Waals surface area contributed by atoms with Crippen LogP contribution in [0.2, 0.25) is 0 Å². The highest BCUT2D eigenvalue weighted by molar-refractivity contribution is 7.38. The summed E-state index contributed by atoms with van der Waals surface area (Å²) >= 11 is 0. The molecule has 3 fully saturated rings. The maximum absolute atomic E-state index is 6.21. The lowest BCUT2D eigenvalue weighted by Crippen LogP contribution is -2.51. The summed E-state index contributed by atoms with van der Waals surface area (Å²) in [7, 11) is 0.697. The van der Waals surface area contributed by atoms with Crippen molar-refractivity contribution in [1.29, 1.82) is 0 Å². The molecular weight excluding hydrogens is 495 g/mol. The van der Waals surface area contributed by atoms with Crippen LogP contribution in [0, 0.1) is 52.3 Å². The second-order valence-electron chi connectivity index (χ2n) is 15.3. The van der Waals surface area contributed by atoms with Gasteiger partial charge in [0.2, 0.25) is 0 Å². The minimum Gasteiger partial charge on any atom is -0.232 e. The van der Waals surface area contributed by atoms with Crippen molar-refractivity contribution in [3.8, 4) is 0 Å². The van der Waals surface area contributed by atoms with Gasteiger partial charge in [0.1, 0.15) is 5.85 Å². The summed E-state index contributed by atoms with van der Waals surface area (Å²) in [6, 6.07) is 0. The Bertz CT molecular complexity index is 934. The molecule has 3 saturated carbocycles. The Morgan fingerprint density at radius 1 is 0.974 bits per heavy atom. The van der Waals surface area contributed by atoms with E-state index >= 15 is 0 Å². The van der Waals surface area contributed by atoms with Gasteiger partial charge >= 0.3 is 0 Å². The van der Waals surface area contributed by atoms with Crippen molar-refractivity contribution in [3.63, 3.8) is 0 Å². The molecule has 0 radical (unpaired) electrons. The third-order valence-electron chi connectivity index (χ3n) is 12.5. The summed E-state index contributed by atoms with van der Waals surface area (Å²) in [6.07, 6.45) is 25.9. The molecule has 5 aliphatic carbocycles. The average molecular weight is 555 g/mol. The first kappa shape index (κ1) is 30.0. The van der Waals surface area contributed by atoms with E-state index < -0.39 is 0 Å². The summed E-state index contributed by atoms with van der Waals surface area (Å²) in [5.41, 5.74) is 3.96. The summed E-state index contributed by atoms with van der Waals surface area (Å²) in [5.74, 6) is 6.12. The van der Waals surface area contributed by atoms with Gasteiger partial charge in [-0.05, 0) is 122 Å². The predicted octanol–water partition coefficient (Wildman–Crippen LogP) is 10.5. The van der Waals surface area contributed by atoms with Crippen LogP contribution in [0.5, 0.6) is 0 Å². The fourth-order valence-electron chi connectivity index (χ4n) is 10.1. The molecule has 0 aromatic carbocycles. The van der Waals surface area contributed by atoms with E-state index in [1.54, 1.807) is 5.57 Å². The zero-order valence-electron chi connectivity index (χ0n) is 26.3. The van der Waals surface area contributed by atoms with E-state index in [9.17, 15) is 0 Å². The van der Waals surface area contributed by atoms with E-state index in [2.05, 4.69) is 72.5 Å². The van der Waals surface area contributed by atoms with E-state index in [0.717, 1.165) is 54.8 Å². The quantitative estimate of drug-likeness (QED) is 0.116. The number of rotatable bonds is 10. The Hall–Kier alpha value is -0.430. The molecule has 0 heterocycles. The lowest BCUT2D eigenvalue weighted by atomic mass is 9.47. The first-order valence-electron chi connectivity index (χ1n) is 16.7. The molecule has 0 N–H and O–H groups in total. The van der Waals surface area contributed by atoms with Crippen molar-refractivity contribution in [2.45, 2.75) is 131 Å². The van der Waals surface area contributed by atoms with Crippen molar-refractivity contribution in [2.75, 3.05) is 6.66 Å². The van der Waals surface area contributed by atoms with Crippen molar-refractivity contribution >= 4 is 8.58 Å². The summed E-state index contributed by atoms with van der Waals surface area (Å²) in [6.45, 7) is 17.2. The molecule has 0 aromatic heterocycles. The van der Waals surface area contributed by atoms with Gasteiger partial charge in [0.25, 0.3) is 0 Å². The highest BCUT2D eigenvalue weighted by Crippen LogP contribution is 2.67. The van der Waals surface area contributed by atoms with Crippen molar-refractivity contribution in [2.24, 2.45) is 52.3 Å². The Balaban J connectivity index is 1.20. The molecule has 0 aromatic rings. The minimum atomic E-state index is 0.0888. The van der Waals surface area contributed by atoms with Crippen LogP contribution in [0.3, 0.4) is 0 Å². The molecule has 220 valence electrons. The molecule has 0 saturated heterocycles. The monoisotopic (exact) mass is 554 g/mol. The Kier molecular flexibility index (Phi) is 9.58. The van der Waals surface area contributed by atoms with Crippen LogP contribution in [0.1, 0.15) is 119 Å². The summed E-state index contributed by atoms with van der Waals surface area (Å²) in [5, 5.41) is 0. The minimum absolute atomic E-state index is 0.0888. The van der Waals surface area contributed by atoms with Crippen LogP contribution in [0.25, 0.3) is 0 Å². The van der Waals surface area contributed by atoms with Crippen LogP contribution < -0.4 is 0 Å². The normalized spacial score (nSPS) is 41.6. The molecule has 5 aliphatic rings. The smallest absolute Gasteiger partial charge is 0.133 e. The van der Waals surface area contributed by atoms with Gasteiger partial charge in [-0.15, -0.1) is 0 Å². The topological polar surface area (TPSA) is 18.5 Å². The molecule has 9 unspecified atom stereocenters. The zero-order valence-corrected chi connectivity index (χ0v) is 27.3. The van der Waals surface area contributed by atoms with Gasteiger partial charge in [-0.3, -0.25) is 0 Å². The van der Waals surface area contributed by atoms with Crippen molar-refractivity contribution in [1.82, 2.24) is 0 Å². The molecule has 5 rings (SSSR count). The lowest BCUT2D eigenvalue weighted by molar-refractivity contribution is -0.331. The second-order valence-corrected chi connectivity index (χ2v) is 16.4. The van der Waals surface area contributed by atoms with E-state index in [4.69, 9.17) is 9.78 Å². The van der Waals surface area contributed by atoms with Crippen LogP contribution in [0.15, 0.2) is 35.5 Å². The third-order valence-corrected chi connectivity index (χ3v) is 13.4. The van der Waals surface area contributed by atoms with Gasteiger partial charge in [0.15, 0.2) is 0 Å². The highest BCUT2D eigenvalue weighted by atomic mass is 31.1. The molecule has 3 heteroatoms. The van der Waals surface area contributed by atoms with Crippen LogP contribution >= 0.6 is 8.58 Å². The van der Waals surface area contributed by atoms with E-state index in [-0.39, 0.29) is 11.9 Å². The molecule has 2 nitrogen and oxygen atoms in total. The molecular formula is C36H59O2P. The highest BCUT2D eigenvalue weighted by Gasteiger charge is 2.59. The van der Waals surface area contributed by atoms with E-state index in [1.165, 1.54) is 63.4 Å². The second kappa shape index (κ2) is 12.4. The molecule has 0 aliphatic heterocycles. The zero-order chi connectivity index (χ0) is 27.8. The van der Waals surface area contributed by atoms with Gasteiger partial charge in [0, 0.05) is 0 Å². The average Bonchev–Trinajstić information content (AvgIpc) is 3.27. The first-order chi connectivity index (χ1) is 18.7. The van der Waals surface area contributed by atoms with Gasteiger partial charge < -0.3 is 0 Å². The molecule has 0 bridgehead atoms. The molecule has 0 spiro atoms. The molecule has 0 amide bonds. The number of fused-ring (bicyclic) bond motifs is 5. The van der Waals surface area contributed by atoms with Crippen LogP contribution in [-0.4, -0.2) is 18.6 Å². The molecule has 11 atom stereocenters. The van der Waals surface area contributed by atoms with Crippen LogP contribution in [-0.2, 0) is 9.78 Å². The maximum Gasteiger partial charge on any atom is 0.133 e. The fraction of sp³-hybridized carbons (Fsp3) is 0.833. The Morgan fingerprint density at radius 3 is 2.51 bits per heavy atom. The number of hydrogen-bond donors (Lipinski definition) is 0. The largest absolute Gasteiger partial charge is 0.232 e. The maximum atomic E-state index is 6.21.